The minimum absolute atomic E-state index is 0.156. The maximum Gasteiger partial charge on any atom is 0.308 e. The van der Waals surface area contributed by atoms with Crippen LogP contribution >= 0.6 is 0 Å². The Labute approximate surface area is 117 Å². The fourth-order valence-electron chi connectivity index (χ4n) is 2.60. The van der Waals surface area contributed by atoms with E-state index < -0.39 is 0 Å². The molecule has 0 fully saturated rings. The maximum atomic E-state index is 10.9. The molecule has 19 heavy (non-hydrogen) atoms. The Morgan fingerprint density at radius 3 is 2.05 bits per heavy atom. The summed E-state index contributed by atoms with van der Waals surface area (Å²) in [5, 5.41) is 0. The monoisotopic (exact) mass is 262 g/mol. The third-order valence-corrected chi connectivity index (χ3v) is 3.88. The average Bonchev–Trinajstić information content (AvgIpc) is 2.27. The van der Waals surface area contributed by atoms with Gasteiger partial charge in [0.2, 0.25) is 0 Å². The Morgan fingerprint density at radius 1 is 1.16 bits per heavy atom. The number of ether oxygens (including phenoxy) is 1. The molecule has 1 atom stereocenters. The minimum atomic E-state index is -0.276. The van der Waals surface area contributed by atoms with E-state index in [9.17, 15) is 4.79 Å². The van der Waals surface area contributed by atoms with Gasteiger partial charge in [-0.25, -0.2) is 0 Å². The standard InChI is InChI=1S/C17H26O2/c1-12(2)11-17(6,13(3)4)15-7-9-16(10-8-15)19-14(5)18/h7-10,12-13H,11H2,1-6H3. The molecule has 0 amide bonds. The van der Waals surface area contributed by atoms with Crippen molar-refractivity contribution in [3.63, 3.8) is 0 Å². The van der Waals surface area contributed by atoms with Crippen LogP contribution < -0.4 is 4.74 Å². The van der Waals surface area contributed by atoms with E-state index in [2.05, 4.69) is 46.8 Å². The summed E-state index contributed by atoms with van der Waals surface area (Å²) in [6.07, 6.45) is 1.15. The first-order valence-electron chi connectivity index (χ1n) is 7.04. The van der Waals surface area contributed by atoms with E-state index in [0.29, 0.717) is 17.6 Å². The summed E-state index contributed by atoms with van der Waals surface area (Å²) in [6, 6.07) is 7.94. The van der Waals surface area contributed by atoms with Crippen LogP contribution in [0.4, 0.5) is 0 Å². The van der Waals surface area contributed by atoms with Crippen molar-refractivity contribution in [1.29, 1.82) is 0 Å². The molecular formula is C17H26O2. The Hall–Kier alpha value is -1.31. The molecule has 0 spiro atoms. The molecule has 1 unspecified atom stereocenters. The van der Waals surface area contributed by atoms with Crippen molar-refractivity contribution in [3.8, 4) is 5.75 Å². The number of benzene rings is 1. The zero-order valence-electron chi connectivity index (χ0n) is 13.0. The van der Waals surface area contributed by atoms with Crippen LogP contribution in [0.1, 0.15) is 53.5 Å². The molecule has 0 bridgehead atoms. The number of carbonyl (C=O) groups is 1. The van der Waals surface area contributed by atoms with Crippen LogP contribution in [0, 0.1) is 11.8 Å². The summed E-state index contributed by atoms with van der Waals surface area (Å²) in [4.78, 5) is 10.9. The molecule has 2 heteroatoms. The first kappa shape index (κ1) is 15.7. The summed E-state index contributed by atoms with van der Waals surface area (Å²) in [5.74, 6) is 1.56. The van der Waals surface area contributed by atoms with Crippen LogP contribution in [0.25, 0.3) is 0 Å². The lowest BCUT2D eigenvalue weighted by Crippen LogP contribution is -2.30. The molecule has 0 aromatic heterocycles. The van der Waals surface area contributed by atoms with Crippen molar-refractivity contribution < 1.29 is 9.53 Å². The van der Waals surface area contributed by atoms with Gasteiger partial charge >= 0.3 is 5.97 Å². The number of hydrogen-bond donors (Lipinski definition) is 0. The smallest absolute Gasteiger partial charge is 0.308 e. The highest BCUT2D eigenvalue weighted by Gasteiger charge is 2.31. The quantitative estimate of drug-likeness (QED) is 0.574. The second kappa shape index (κ2) is 6.23. The topological polar surface area (TPSA) is 26.3 Å². The van der Waals surface area contributed by atoms with Crippen LogP contribution in [0.5, 0.6) is 5.75 Å². The molecule has 0 heterocycles. The van der Waals surface area contributed by atoms with Crippen molar-refractivity contribution in [1.82, 2.24) is 0 Å². The second-order valence-electron chi connectivity index (χ2n) is 6.29. The van der Waals surface area contributed by atoms with Gasteiger partial charge in [0, 0.05) is 6.92 Å². The van der Waals surface area contributed by atoms with Gasteiger partial charge < -0.3 is 4.74 Å². The highest BCUT2D eigenvalue weighted by Crippen LogP contribution is 2.38. The largest absolute Gasteiger partial charge is 0.427 e. The van der Waals surface area contributed by atoms with Gasteiger partial charge in [-0.3, -0.25) is 4.79 Å². The lowest BCUT2D eigenvalue weighted by atomic mass is 9.68. The molecule has 0 aliphatic heterocycles. The van der Waals surface area contributed by atoms with Gasteiger partial charge in [0.25, 0.3) is 0 Å². The Bertz CT molecular complexity index is 417. The predicted molar refractivity (Wildman–Crippen MR) is 79.4 cm³/mol. The van der Waals surface area contributed by atoms with E-state index in [4.69, 9.17) is 4.74 Å². The third-order valence-electron chi connectivity index (χ3n) is 3.88. The van der Waals surface area contributed by atoms with Gasteiger partial charge in [0.15, 0.2) is 0 Å². The fourth-order valence-corrected chi connectivity index (χ4v) is 2.60. The van der Waals surface area contributed by atoms with Gasteiger partial charge in [-0.05, 0) is 41.4 Å². The summed E-state index contributed by atoms with van der Waals surface area (Å²) < 4.78 is 5.08. The van der Waals surface area contributed by atoms with Gasteiger partial charge in [-0.1, -0.05) is 46.8 Å². The average molecular weight is 262 g/mol. The molecule has 0 saturated carbocycles. The van der Waals surface area contributed by atoms with Gasteiger partial charge in [0.05, 0.1) is 0 Å². The molecule has 0 aliphatic rings. The summed E-state index contributed by atoms with van der Waals surface area (Å²) in [6.45, 7) is 12.8. The number of esters is 1. The minimum Gasteiger partial charge on any atom is -0.427 e. The molecule has 1 aromatic rings. The zero-order valence-corrected chi connectivity index (χ0v) is 13.0. The number of carbonyl (C=O) groups excluding carboxylic acids is 1. The SMILES string of the molecule is CC(=O)Oc1ccc(C(C)(CC(C)C)C(C)C)cc1. The highest BCUT2D eigenvalue weighted by atomic mass is 16.5. The highest BCUT2D eigenvalue weighted by molar-refractivity contribution is 5.69. The first-order chi connectivity index (χ1) is 8.75. The van der Waals surface area contributed by atoms with Gasteiger partial charge in [-0.2, -0.15) is 0 Å². The molecule has 1 aromatic carbocycles. The van der Waals surface area contributed by atoms with E-state index in [1.807, 2.05) is 12.1 Å². The summed E-state index contributed by atoms with van der Waals surface area (Å²) >= 11 is 0. The zero-order chi connectivity index (χ0) is 14.6. The molecule has 0 radical (unpaired) electrons. The lowest BCUT2D eigenvalue weighted by Gasteiger charge is -2.36. The maximum absolute atomic E-state index is 10.9. The molecule has 0 saturated heterocycles. The van der Waals surface area contributed by atoms with Crippen molar-refractivity contribution in [2.45, 2.75) is 53.4 Å². The Morgan fingerprint density at radius 2 is 1.68 bits per heavy atom. The third kappa shape index (κ3) is 4.09. The van der Waals surface area contributed by atoms with Gasteiger partial charge in [-0.15, -0.1) is 0 Å². The van der Waals surface area contributed by atoms with Crippen molar-refractivity contribution >= 4 is 5.97 Å². The van der Waals surface area contributed by atoms with Crippen LogP contribution in [0.3, 0.4) is 0 Å². The summed E-state index contributed by atoms with van der Waals surface area (Å²) in [7, 11) is 0. The molecule has 106 valence electrons. The van der Waals surface area contributed by atoms with Crippen molar-refractivity contribution in [2.24, 2.45) is 11.8 Å². The van der Waals surface area contributed by atoms with Crippen LogP contribution in [-0.2, 0) is 10.2 Å². The van der Waals surface area contributed by atoms with E-state index in [1.165, 1.54) is 12.5 Å². The number of rotatable bonds is 5. The second-order valence-corrected chi connectivity index (χ2v) is 6.29. The fraction of sp³-hybridized carbons (Fsp3) is 0.588. The Kier molecular flexibility index (Phi) is 5.16. The molecule has 2 nitrogen and oxygen atoms in total. The van der Waals surface area contributed by atoms with E-state index in [1.54, 1.807) is 0 Å². The van der Waals surface area contributed by atoms with Crippen LogP contribution in [0.15, 0.2) is 24.3 Å². The molecule has 0 aliphatic carbocycles. The lowest BCUT2D eigenvalue weighted by molar-refractivity contribution is -0.131. The normalized spacial score (nSPS) is 14.5. The van der Waals surface area contributed by atoms with Crippen molar-refractivity contribution in [2.75, 3.05) is 0 Å². The molecular weight excluding hydrogens is 236 g/mol. The van der Waals surface area contributed by atoms with Crippen molar-refractivity contribution in [3.05, 3.63) is 29.8 Å². The Balaban J connectivity index is 3.01. The van der Waals surface area contributed by atoms with E-state index >= 15 is 0 Å². The first-order valence-corrected chi connectivity index (χ1v) is 7.04. The van der Waals surface area contributed by atoms with Crippen LogP contribution in [0.2, 0.25) is 0 Å². The predicted octanol–water partition coefficient (Wildman–Crippen LogP) is 4.57. The van der Waals surface area contributed by atoms with Gasteiger partial charge in [0.1, 0.15) is 5.75 Å². The van der Waals surface area contributed by atoms with Crippen LogP contribution in [-0.4, -0.2) is 5.97 Å². The molecule has 0 N–H and O–H groups in total. The van der Waals surface area contributed by atoms with E-state index in [0.717, 1.165) is 6.42 Å². The number of hydrogen-bond acceptors (Lipinski definition) is 2. The molecule has 1 rings (SSSR count). The summed E-state index contributed by atoms with van der Waals surface area (Å²) in [5.41, 5.74) is 1.47. The van der Waals surface area contributed by atoms with E-state index in [-0.39, 0.29) is 11.4 Å².